The summed E-state index contributed by atoms with van der Waals surface area (Å²) in [5.41, 5.74) is 7.45. The molecule has 0 aliphatic heterocycles. The summed E-state index contributed by atoms with van der Waals surface area (Å²) in [5, 5.41) is 0.796. The van der Waals surface area contributed by atoms with Crippen LogP contribution in [0.15, 0.2) is 24.3 Å². The van der Waals surface area contributed by atoms with Crippen molar-refractivity contribution < 1.29 is 0 Å². The van der Waals surface area contributed by atoms with Crippen LogP contribution in [0, 0.1) is 5.92 Å². The van der Waals surface area contributed by atoms with Crippen LogP contribution >= 0.6 is 11.6 Å². The number of rotatable bonds is 6. The molecule has 1 aliphatic rings. The molecule has 2 N–H and O–H groups in total. The SMILES string of the molecule is CC(c1ccc(Cl)cc1)N(C)CCC(N)C1CC1. The fourth-order valence-electron chi connectivity index (χ4n) is 2.30. The Bertz CT molecular complexity index is 373. The summed E-state index contributed by atoms with van der Waals surface area (Å²) in [4.78, 5) is 2.37. The van der Waals surface area contributed by atoms with Crippen molar-refractivity contribution in [1.82, 2.24) is 4.90 Å². The third-order valence-electron chi connectivity index (χ3n) is 4.06. The average Bonchev–Trinajstić information content (AvgIpc) is 3.20. The molecule has 2 unspecified atom stereocenters. The van der Waals surface area contributed by atoms with E-state index in [1.54, 1.807) is 0 Å². The number of hydrogen-bond acceptors (Lipinski definition) is 2. The molecule has 0 bridgehead atoms. The largest absolute Gasteiger partial charge is 0.327 e. The first-order chi connectivity index (χ1) is 8.58. The topological polar surface area (TPSA) is 29.3 Å². The highest BCUT2D eigenvalue weighted by Crippen LogP contribution is 2.33. The van der Waals surface area contributed by atoms with Crippen LogP contribution in [0.1, 0.15) is 37.8 Å². The molecule has 0 heterocycles. The zero-order chi connectivity index (χ0) is 13.1. The lowest BCUT2D eigenvalue weighted by molar-refractivity contribution is 0.248. The normalized spacial score (nSPS) is 18.9. The van der Waals surface area contributed by atoms with E-state index < -0.39 is 0 Å². The van der Waals surface area contributed by atoms with E-state index in [-0.39, 0.29) is 0 Å². The molecular formula is C15H23ClN2. The molecule has 1 fully saturated rings. The van der Waals surface area contributed by atoms with Crippen molar-refractivity contribution in [1.29, 1.82) is 0 Å². The minimum absolute atomic E-state index is 0.393. The molecule has 0 radical (unpaired) electrons. The number of nitrogens with zero attached hydrogens (tertiary/aromatic N) is 1. The Balaban J connectivity index is 1.83. The van der Waals surface area contributed by atoms with Crippen LogP contribution < -0.4 is 5.73 Å². The Kier molecular flexibility index (Phi) is 4.66. The van der Waals surface area contributed by atoms with Gasteiger partial charge in [-0.15, -0.1) is 0 Å². The van der Waals surface area contributed by atoms with Gasteiger partial charge in [-0.25, -0.2) is 0 Å². The number of hydrogen-bond donors (Lipinski definition) is 1. The quantitative estimate of drug-likeness (QED) is 0.854. The highest BCUT2D eigenvalue weighted by Gasteiger charge is 2.28. The maximum Gasteiger partial charge on any atom is 0.0406 e. The van der Waals surface area contributed by atoms with E-state index >= 15 is 0 Å². The predicted octanol–water partition coefficient (Wildman–Crippen LogP) is 3.46. The molecule has 3 heteroatoms. The van der Waals surface area contributed by atoms with Crippen molar-refractivity contribution in [3.8, 4) is 0 Å². The number of benzene rings is 1. The minimum atomic E-state index is 0.393. The van der Waals surface area contributed by atoms with Gasteiger partial charge in [-0.05, 0) is 63.4 Å². The molecule has 2 atom stereocenters. The summed E-state index contributed by atoms with van der Waals surface area (Å²) >= 11 is 5.91. The van der Waals surface area contributed by atoms with Crippen LogP contribution in [-0.4, -0.2) is 24.5 Å². The second-order valence-electron chi connectivity index (χ2n) is 5.50. The van der Waals surface area contributed by atoms with Crippen molar-refractivity contribution >= 4 is 11.6 Å². The molecule has 1 aliphatic carbocycles. The zero-order valence-corrected chi connectivity index (χ0v) is 12.0. The monoisotopic (exact) mass is 266 g/mol. The van der Waals surface area contributed by atoms with E-state index in [0.29, 0.717) is 12.1 Å². The molecule has 0 saturated heterocycles. The molecule has 1 aromatic carbocycles. The minimum Gasteiger partial charge on any atom is -0.327 e. The van der Waals surface area contributed by atoms with E-state index in [2.05, 4.69) is 31.0 Å². The Morgan fingerprint density at radius 3 is 2.50 bits per heavy atom. The maximum atomic E-state index is 6.14. The smallest absolute Gasteiger partial charge is 0.0406 e. The highest BCUT2D eigenvalue weighted by molar-refractivity contribution is 6.30. The summed E-state index contributed by atoms with van der Waals surface area (Å²) in [7, 11) is 2.17. The van der Waals surface area contributed by atoms with Crippen molar-refractivity contribution in [3.05, 3.63) is 34.9 Å². The van der Waals surface area contributed by atoms with Crippen LogP contribution in [0.4, 0.5) is 0 Å². The van der Waals surface area contributed by atoms with Crippen molar-refractivity contribution in [2.24, 2.45) is 11.7 Å². The molecular weight excluding hydrogens is 244 g/mol. The first-order valence-corrected chi connectivity index (χ1v) is 7.17. The van der Waals surface area contributed by atoms with E-state index in [4.69, 9.17) is 17.3 Å². The Morgan fingerprint density at radius 1 is 1.33 bits per heavy atom. The van der Waals surface area contributed by atoms with Crippen molar-refractivity contribution in [2.75, 3.05) is 13.6 Å². The Labute approximate surface area is 115 Å². The molecule has 18 heavy (non-hydrogen) atoms. The van der Waals surface area contributed by atoms with Gasteiger partial charge in [0, 0.05) is 17.1 Å². The van der Waals surface area contributed by atoms with Gasteiger partial charge in [0.25, 0.3) is 0 Å². The summed E-state index contributed by atoms with van der Waals surface area (Å²) in [5.74, 6) is 0.796. The molecule has 0 spiro atoms. The molecule has 1 saturated carbocycles. The van der Waals surface area contributed by atoms with Crippen LogP contribution in [0.3, 0.4) is 0 Å². The Hall–Kier alpha value is -0.570. The number of halogens is 1. The molecule has 100 valence electrons. The fraction of sp³-hybridized carbons (Fsp3) is 0.600. The van der Waals surface area contributed by atoms with E-state index in [1.807, 2.05) is 12.1 Å². The lowest BCUT2D eigenvalue weighted by Crippen LogP contribution is -2.31. The summed E-state index contributed by atoms with van der Waals surface area (Å²) in [6.45, 7) is 3.29. The van der Waals surface area contributed by atoms with Gasteiger partial charge in [0.1, 0.15) is 0 Å². The molecule has 0 amide bonds. The van der Waals surface area contributed by atoms with E-state index in [9.17, 15) is 0 Å². The van der Waals surface area contributed by atoms with Crippen LogP contribution in [0.2, 0.25) is 5.02 Å². The van der Waals surface area contributed by atoms with Gasteiger partial charge in [0.15, 0.2) is 0 Å². The molecule has 2 nitrogen and oxygen atoms in total. The van der Waals surface area contributed by atoms with Crippen LogP contribution in [-0.2, 0) is 0 Å². The second kappa shape index (κ2) is 6.05. The first-order valence-electron chi connectivity index (χ1n) is 6.79. The third kappa shape index (κ3) is 3.71. The lowest BCUT2D eigenvalue weighted by Gasteiger charge is -2.26. The Morgan fingerprint density at radius 2 is 1.94 bits per heavy atom. The second-order valence-corrected chi connectivity index (χ2v) is 5.93. The summed E-state index contributed by atoms with van der Waals surface area (Å²) < 4.78 is 0. The maximum absolute atomic E-state index is 6.14. The van der Waals surface area contributed by atoms with Gasteiger partial charge in [0.05, 0.1) is 0 Å². The molecule has 2 rings (SSSR count). The lowest BCUT2D eigenvalue weighted by atomic mass is 10.1. The highest BCUT2D eigenvalue weighted by atomic mass is 35.5. The predicted molar refractivity (Wildman–Crippen MR) is 77.8 cm³/mol. The van der Waals surface area contributed by atoms with Gasteiger partial charge in [0.2, 0.25) is 0 Å². The van der Waals surface area contributed by atoms with Crippen molar-refractivity contribution in [2.45, 2.75) is 38.3 Å². The van der Waals surface area contributed by atoms with Gasteiger partial charge < -0.3 is 5.73 Å². The molecule has 0 aromatic heterocycles. The summed E-state index contributed by atoms with van der Waals surface area (Å²) in [6, 6.07) is 8.92. The van der Waals surface area contributed by atoms with Gasteiger partial charge >= 0.3 is 0 Å². The summed E-state index contributed by atoms with van der Waals surface area (Å²) in [6.07, 6.45) is 3.76. The first kappa shape index (κ1) is 13.9. The van der Waals surface area contributed by atoms with E-state index in [1.165, 1.54) is 18.4 Å². The van der Waals surface area contributed by atoms with Gasteiger partial charge in [-0.1, -0.05) is 23.7 Å². The average molecular weight is 267 g/mol. The molecule has 1 aromatic rings. The number of nitrogens with two attached hydrogens (primary N) is 1. The standard InChI is InChI=1S/C15H23ClN2/c1-11(12-5-7-14(16)8-6-12)18(2)10-9-15(17)13-3-4-13/h5-8,11,13,15H,3-4,9-10,17H2,1-2H3. The van der Waals surface area contributed by atoms with Gasteiger partial charge in [-0.3, -0.25) is 4.90 Å². The van der Waals surface area contributed by atoms with E-state index in [0.717, 1.165) is 23.9 Å². The fourth-order valence-corrected chi connectivity index (χ4v) is 2.43. The van der Waals surface area contributed by atoms with Crippen molar-refractivity contribution in [3.63, 3.8) is 0 Å². The third-order valence-corrected chi connectivity index (χ3v) is 4.31. The zero-order valence-electron chi connectivity index (χ0n) is 11.3. The van der Waals surface area contributed by atoms with Gasteiger partial charge in [-0.2, -0.15) is 0 Å². The van der Waals surface area contributed by atoms with Crippen LogP contribution in [0.25, 0.3) is 0 Å². The van der Waals surface area contributed by atoms with Crippen LogP contribution in [0.5, 0.6) is 0 Å².